The minimum absolute atomic E-state index is 0.0240. The standard InChI is InChI=1S/C43H51N9O4/c1-26-36-24-45-43(48-40(36)52(30-7-3-4-8-30)42(56)39(26)27(2)53)46-37-14-12-34(23-44-37)50-18-16-49(17-19-50)25-28-20-32-10-11-33(21-28)51(32)31-9-5-6-29(22-31)35-13-15-38(54)47-41(35)55/h5-6,9,12,14,22-24,28,30,32-33,35H,3-4,7-8,10-11,13,15-21,25H2,1-2H3,(H,47,54,55)(H,44,45,46,48). The molecule has 56 heavy (non-hydrogen) atoms. The van der Waals surface area contributed by atoms with Gasteiger partial charge in [-0.15, -0.1) is 0 Å². The molecule has 2 amide bonds. The third kappa shape index (κ3) is 6.94. The van der Waals surface area contributed by atoms with Crippen molar-refractivity contribution in [2.45, 2.75) is 102 Å². The number of aromatic nitrogens is 4. The van der Waals surface area contributed by atoms with E-state index in [-0.39, 0.29) is 40.7 Å². The van der Waals surface area contributed by atoms with Gasteiger partial charge in [0.15, 0.2) is 5.78 Å². The minimum Gasteiger partial charge on any atom is -0.368 e. The summed E-state index contributed by atoms with van der Waals surface area (Å²) in [5.41, 5.74) is 4.48. The molecule has 5 fully saturated rings. The number of nitrogens with zero attached hydrogens (tertiary/aromatic N) is 7. The predicted molar refractivity (Wildman–Crippen MR) is 216 cm³/mol. The van der Waals surface area contributed by atoms with Gasteiger partial charge in [0.25, 0.3) is 5.56 Å². The van der Waals surface area contributed by atoms with Crippen molar-refractivity contribution in [1.29, 1.82) is 0 Å². The van der Waals surface area contributed by atoms with Gasteiger partial charge in [-0.1, -0.05) is 25.0 Å². The summed E-state index contributed by atoms with van der Waals surface area (Å²) in [6, 6.07) is 13.6. The molecule has 1 saturated carbocycles. The summed E-state index contributed by atoms with van der Waals surface area (Å²) < 4.78 is 1.73. The Balaban J connectivity index is 0.803. The SMILES string of the molecule is CC(=O)c1c(C)c2cnc(Nc3ccc(N4CCN(CC5CC6CCC(C5)N6c5cccc(C6CCC(=O)NC6=O)c5)CC4)cn3)nc2n(C2CCCC2)c1=O. The summed E-state index contributed by atoms with van der Waals surface area (Å²) in [7, 11) is 0. The maximum absolute atomic E-state index is 13.6. The van der Waals surface area contributed by atoms with Gasteiger partial charge in [0.05, 0.1) is 23.4 Å². The van der Waals surface area contributed by atoms with Crippen molar-refractivity contribution in [2.75, 3.05) is 47.8 Å². The van der Waals surface area contributed by atoms with Gasteiger partial charge in [-0.2, -0.15) is 4.98 Å². The second-order valence-electron chi connectivity index (χ2n) is 16.6. The highest BCUT2D eigenvalue weighted by atomic mass is 16.2. The van der Waals surface area contributed by atoms with Gasteiger partial charge in [0.2, 0.25) is 17.8 Å². The number of ketones is 1. The Labute approximate surface area is 326 Å². The van der Waals surface area contributed by atoms with Crippen LogP contribution in [0.25, 0.3) is 11.0 Å². The fourth-order valence-corrected chi connectivity index (χ4v) is 10.4. The number of piperidine rings is 2. The Morgan fingerprint density at radius 2 is 1.64 bits per heavy atom. The highest BCUT2D eigenvalue weighted by Gasteiger charge is 2.42. The molecule has 2 N–H and O–H groups in total. The van der Waals surface area contributed by atoms with Crippen LogP contribution in [-0.2, 0) is 9.59 Å². The lowest BCUT2D eigenvalue weighted by Crippen LogP contribution is -2.50. The van der Waals surface area contributed by atoms with Crippen molar-refractivity contribution in [3.05, 3.63) is 75.8 Å². The van der Waals surface area contributed by atoms with Crippen molar-refractivity contribution in [2.24, 2.45) is 5.92 Å². The first kappa shape index (κ1) is 36.5. The maximum atomic E-state index is 13.6. The van der Waals surface area contributed by atoms with E-state index in [9.17, 15) is 19.2 Å². The van der Waals surface area contributed by atoms with E-state index in [2.05, 4.69) is 54.6 Å². The van der Waals surface area contributed by atoms with Crippen LogP contribution in [0.2, 0.25) is 0 Å². The normalized spacial score (nSPS) is 24.5. The summed E-state index contributed by atoms with van der Waals surface area (Å²) in [4.78, 5) is 72.1. The second kappa shape index (κ2) is 15.1. The van der Waals surface area contributed by atoms with Gasteiger partial charge in [0, 0.05) is 74.5 Å². The van der Waals surface area contributed by atoms with Crippen LogP contribution in [0.3, 0.4) is 0 Å². The molecule has 13 heteroatoms. The van der Waals surface area contributed by atoms with E-state index in [1.807, 2.05) is 18.3 Å². The third-order valence-electron chi connectivity index (χ3n) is 13.1. The fourth-order valence-electron chi connectivity index (χ4n) is 10.4. The van der Waals surface area contributed by atoms with E-state index in [1.165, 1.54) is 38.3 Å². The zero-order chi connectivity index (χ0) is 38.5. The molecule has 3 aromatic heterocycles. The molecular formula is C43H51N9O4. The number of anilines is 4. The molecule has 1 aromatic carbocycles. The Hall–Kier alpha value is -5.17. The Morgan fingerprint density at radius 1 is 0.875 bits per heavy atom. The van der Waals surface area contributed by atoms with Gasteiger partial charge >= 0.3 is 0 Å². The number of benzene rings is 1. The number of fused-ring (bicyclic) bond motifs is 3. The molecule has 5 aliphatic rings. The topological polar surface area (TPSA) is 146 Å². The smallest absolute Gasteiger partial charge is 0.263 e. The highest BCUT2D eigenvalue weighted by molar-refractivity contribution is 6.01. The van der Waals surface area contributed by atoms with Crippen LogP contribution in [0.5, 0.6) is 0 Å². The number of carbonyl (C=O) groups is 3. The number of piperazine rings is 1. The Bertz CT molecular complexity index is 2210. The summed E-state index contributed by atoms with van der Waals surface area (Å²) >= 11 is 0. The zero-order valence-corrected chi connectivity index (χ0v) is 32.4. The van der Waals surface area contributed by atoms with Crippen LogP contribution < -0.4 is 26.0 Å². The molecule has 2 bridgehead atoms. The van der Waals surface area contributed by atoms with Gasteiger partial charge in [-0.05, 0) is 100 Å². The molecular weight excluding hydrogens is 707 g/mol. The van der Waals surface area contributed by atoms with Gasteiger partial charge in [0.1, 0.15) is 11.5 Å². The number of nitrogens with one attached hydrogen (secondary N) is 2. The predicted octanol–water partition coefficient (Wildman–Crippen LogP) is 5.65. The fraction of sp³-hybridized carbons (Fsp3) is 0.512. The monoisotopic (exact) mass is 757 g/mol. The van der Waals surface area contributed by atoms with Crippen molar-refractivity contribution in [1.82, 2.24) is 29.7 Å². The van der Waals surface area contributed by atoms with E-state index in [1.54, 1.807) is 17.7 Å². The molecule has 13 nitrogen and oxygen atoms in total. The number of pyridine rings is 2. The number of rotatable bonds is 9. The average molecular weight is 758 g/mol. The van der Waals surface area contributed by atoms with Crippen LogP contribution in [0.4, 0.5) is 23.1 Å². The van der Waals surface area contributed by atoms with Crippen LogP contribution in [0.1, 0.15) is 105 Å². The van der Waals surface area contributed by atoms with Crippen LogP contribution in [-0.4, -0.2) is 86.8 Å². The first-order chi connectivity index (χ1) is 27.2. The molecule has 0 spiro atoms. The van der Waals surface area contributed by atoms with Crippen LogP contribution in [0, 0.1) is 12.8 Å². The second-order valence-corrected chi connectivity index (χ2v) is 16.6. The molecule has 7 heterocycles. The molecule has 4 saturated heterocycles. The largest absolute Gasteiger partial charge is 0.368 e. The van der Waals surface area contributed by atoms with Gasteiger partial charge in [-0.25, -0.2) is 9.97 Å². The quantitative estimate of drug-likeness (QED) is 0.162. The van der Waals surface area contributed by atoms with Crippen molar-refractivity contribution in [3.8, 4) is 0 Å². The summed E-state index contributed by atoms with van der Waals surface area (Å²) in [5.74, 6) is 0.837. The number of hydrogen-bond acceptors (Lipinski definition) is 11. The van der Waals surface area contributed by atoms with Gasteiger partial charge < -0.3 is 15.1 Å². The molecule has 4 aromatic rings. The first-order valence-electron chi connectivity index (χ1n) is 20.6. The lowest BCUT2D eigenvalue weighted by molar-refractivity contribution is -0.134. The summed E-state index contributed by atoms with van der Waals surface area (Å²) in [5, 5.41) is 6.49. The third-order valence-corrected chi connectivity index (χ3v) is 13.1. The van der Waals surface area contributed by atoms with Crippen molar-refractivity contribution in [3.63, 3.8) is 0 Å². The lowest BCUT2D eigenvalue weighted by Gasteiger charge is -2.43. The lowest BCUT2D eigenvalue weighted by atomic mass is 9.88. The van der Waals surface area contributed by atoms with Gasteiger partial charge in [-0.3, -0.25) is 34.0 Å². The molecule has 9 rings (SSSR count). The van der Waals surface area contributed by atoms with Crippen molar-refractivity contribution >= 4 is 51.8 Å². The van der Waals surface area contributed by atoms with E-state index in [0.717, 1.165) is 75.0 Å². The minimum atomic E-state index is -0.259. The first-order valence-corrected chi connectivity index (χ1v) is 20.6. The molecule has 1 aliphatic carbocycles. The average Bonchev–Trinajstić information content (AvgIpc) is 3.81. The van der Waals surface area contributed by atoms with E-state index >= 15 is 0 Å². The number of aryl methyl sites for hydroxylation is 1. The molecule has 292 valence electrons. The number of carbonyl (C=O) groups excluding carboxylic acids is 3. The number of hydrogen-bond donors (Lipinski definition) is 2. The molecule has 4 aliphatic heterocycles. The highest BCUT2D eigenvalue weighted by Crippen LogP contribution is 2.43. The molecule has 0 radical (unpaired) electrons. The molecule has 3 atom stereocenters. The number of amides is 2. The van der Waals surface area contributed by atoms with Crippen LogP contribution >= 0.6 is 0 Å². The van der Waals surface area contributed by atoms with Crippen molar-refractivity contribution < 1.29 is 14.4 Å². The zero-order valence-electron chi connectivity index (χ0n) is 32.4. The Kier molecular flexibility index (Phi) is 9.81. The van der Waals surface area contributed by atoms with E-state index < -0.39 is 0 Å². The van der Waals surface area contributed by atoms with E-state index in [4.69, 9.17) is 9.97 Å². The number of Topliss-reactive ketones (excluding diaryl/α,β-unsaturated/α-hetero) is 1. The van der Waals surface area contributed by atoms with E-state index in [0.29, 0.717) is 53.8 Å². The Morgan fingerprint density at radius 3 is 2.34 bits per heavy atom. The van der Waals surface area contributed by atoms with Crippen LogP contribution in [0.15, 0.2) is 53.6 Å². The maximum Gasteiger partial charge on any atom is 0.263 e. The number of imide groups is 1. The summed E-state index contributed by atoms with van der Waals surface area (Å²) in [6.45, 7) is 8.30. The molecule has 3 unspecified atom stereocenters. The summed E-state index contributed by atoms with van der Waals surface area (Å²) in [6.07, 6.45) is 13.3.